The van der Waals surface area contributed by atoms with E-state index in [9.17, 15) is 4.79 Å². The number of nitrogens with one attached hydrogen (secondary N) is 1. The monoisotopic (exact) mass is 269 g/mol. The summed E-state index contributed by atoms with van der Waals surface area (Å²) >= 11 is 0. The first-order valence-corrected chi connectivity index (χ1v) is 6.53. The van der Waals surface area contributed by atoms with Crippen LogP contribution >= 0.6 is 0 Å². The largest absolute Gasteiger partial charge is 0.379 e. The van der Waals surface area contributed by atoms with E-state index in [1.807, 2.05) is 14.1 Å². The maximum atomic E-state index is 11.9. The van der Waals surface area contributed by atoms with E-state index in [-0.39, 0.29) is 23.5 Å². The van der Waals surface area contributed by atoms with Gasteiger partial charge in [-0.1, -0.05) is 26.7 Å². The predicted octanol–water partition coefficient (Wildman–Crippen LogP) is 0.748. The molecule has 0 aliphatic carbocycles. The van der Waals surface area contributed by atoms with Crippen molar-refractivity contribution in [1.29, 1.82) is 0 Å². The van der Waals surface area contributed by atoms with Crippen molar-refractivity contribution in [2.45, 2.75) is 32.7 Å². The van der Waals surface area contributed by atoms with E-state index >= 15 is 0 Å². The summed E-state index contributed by atoms with van der Waals surface area (Å²) in [7, 11) is 4.03. The van der Waals surface area contributed by atoms with E-state index in [2.05, 4.69) is 39.0 Å². The van der Waals surface area contributed by atoms with Crippen molar-refractivity contribution in [2.24, 2.45) is 5.92 Å². The molecule has 0 aliphatic rings. The molecule has 1 unspecified atom stereocenters. The van der Waals surface area contributed by atoms with Crippen molar-refractivity contribution in [3.8, 4) is 0 Å². The molecule has 7 heteroatoms. The molecular weight excluding hydrogens is 246 g/mol. The zero-order valence-electron chi connectivity index (χ0n) is 12.0. The summed E-state index contributed by atoms with van der Waals surface area (Å²) < 4.78 is 4.41. The van der Waals surface area contributed by atoms with Crippen LogP contribution in [-0.2, 0) is 0 Å². The molecule has 1 atom stereocenters. The Hall–Kier alpha value is -1.63. The number of nitrogens with two attached hydrogens (primary N) is 1. The van der Waals surface area contributed by atoms with Crippen molar-refractivity contribution in [3.05, 3.63) is 5.69 Å². The minimum atomic E-state index is -0.350. The van der Waals surface area contributed by atoms with Gasteiger partial charge in [-0.05, 0) is 30.3 Å². The second-order valence-corrected chi connectivity index (χ2v) is 4.82. The number of hydrogen-bond donors (Lipinski definition) is 2. The summed E-state index contributed by atoms with van der Waals surface area (Å²) in [6, 6.07) is 0.278. The normalized spacial score (nSPS) is 12.9. The van der Waals surface area contributed by atoms with Gasteiger partial charge >= 0.3 is 0 Å². The summed E-state index contributed by atoms with van der Waals surface area (Å²) in [4.78, 5) is 14.0. The summed E-state index contributed by atoms with van der Waals surface area (Å²) in [5, 5.41) is 9.71. The van der Waals surface area contributed by atoms with Crippen LogP contribution in [0.3, 0.4) is 0 Å². The van der Waals surface area contributed by atoms with Gasteiger partial charge in [-0.25, -0.2) is 4.63 Å². The molecule has 19 heavy (non-hydrogen) atoms. The van der Waals surface area contributed by atoms with Gasteiger partial charge in [-0.3, -0.25) is 4.79 Å². The SMILES string of the molecule is CCC(CC)C(CNC(=O)c1nonc1N)N(C)C. The first-order chi connectivity index (χ1) is 9.01. The molecule has 108 valence electrons. The number of nitrogens with zero attached hydrogens (tertiary/aromatic N) is 3. The zero-order chi connectivity index (χ0) is 14.4. The van der Waals surface area contributed by atoms with Crippen LogP contribution in [0.2, 0.25) is 0 Å². The fourth-order valence-electron chi connectivity index (χ4n) is 2.24. The van der Waals surface area contributed by atoms with Crippen LogP contribution in [-0.4, -0.2) is 47.8 Å². The number of carbonyl (C=O) groups is 1. The maximum Gasteiger partial charge on any atom is 0.277 e. The minimum absolute atomic E-state index is 0.0152. The molecule has 0 bridgehead atoms. The lowest BCUT2D eigenvalue weighted by molar-refractivity contribution is 0.0919. The Kier molecular flexibility index (Phi) is 5.75. The van der Waals surface area contributed by atoms with Gasteiger partial charge in [0, 0.05) is 12.6 Å². The van der Waals surface area contributed by atoms with E-state index in [0.717, 1.165) is 12.8 Å². The highest BCUT2D eigenvalue weighted by Gasteiger charge is 2.23. The van der Waals surface area contributed by atoms with Crippen molar-refractivity contribution >= 4 is 11.7 Å². The van der Waals surface area contributed by atoms with Crippen molar-refractivity contribution < 1.29 is 9.42 Å². The first kappa shape index (κ1) is 15.4. The molecule has 1 aromatic heterocycles. The summed E-state index contributed by atoms with van der Waals surface area (Å²) in [6.07, 6.45) is 2.14. The fourth-order valence-corrected chi connectivity index (χ4v) is 2.24. The molecule has 0 aromatic carbocycles. The molecule has 0 fully saturated rings. The van der Waals surface area contributed by atoms with Crippen LogP contribution in [0.4, 0.5) is 5.82 Å². The second kappa shape index (κ2) is 7.08. The zero-order valence-corrected chi connectivity index (χ0v) is 12.0. The molecule has 3 N–H and O–H groups in total. The summed E-state index contributed by atoms with van der Waals surface area (Å²) in [5.74, 6) is 0.195. The molecule has 0 aliphatic heterocycles. The molecule has 1 rings (SSSR count). The van der Waals surface area contributed by atoms with E-state index in [4.69, 9.17) is 5.73 Å². The molecule has 0 spiro atoms. The lowest BCUT2D eigenvalue weighted by atomic mass is 9.93. The van der Waals surface area contributed by atoms with Crippen molar-refractivity contribution in [3.63, 3.8) is 0 Å². The number of hydrogen-bond acceptors (Lipinski definition) is 6. The topological polar surface area (TPSA) is 97.3 Å². The average Bonchev–Trinajstić information content (AvgIpc) is 2.80. The third kappa shape index (κ3) is 3.92. The first-order valence-electron chi connectivity index (χ1n) is 6.53. The van der Waals surface area contributed by atoms with Crippen LogP contribution in [0, 0.1) is 5.92 Å². The third-order valence-corrected chi connectivity index (χ3v) is 3.46. The van der Waals surface area contributed by atoms with Gasteiger partial charge in [0.1, 0.15) is 0 Å². The molecule has 0 saturated carbocycles. The molecule has 0 saturated heterocycles. The van der Waals surface area contributed by atoms with Crippen LogP contribution in [0.1, 0.15) is 37.2 Å². The summed E-state index contributed by atoms with van der Waals surface area (Å²) in [5.41, 5.74) is 5.52. The highest BCUT2D eigenvalue weighted by Crippen LogP contribution is 2.16. The van der Waals surface area contributed by atoms with Crippen LogP contribution in [0.5, 0.6) is 0 Å². The Bertz CT molecular complexity index is 401. The minimum Gasteiger partial charge on any atom is -0.379 e. The number of amides is 1. The number of carbonyl (C=O) groups excluding carboxylic acids is 1. The molecule has 1 amide bonds. The third-order valence-electron chi connectivity index (χ3n) is 3.46. The lowest BCUT2D eigenvalue weighted by Crippen LogP contribution is -2.44. The van der Waals surface area contributed by atoms with Gasteiger partial charge in [0.05, 0.1) is 0 Å². The Balaban J connectivity index is 2.62. The quantitative estimate of drug-likeness (QED) is 0.758. The Morgan fingerprint density at radius 2 is 2.00 bits per heavy atom. The van der Waals surface area contributed by atoms with E-state index in [1.54, 1.807) is 0 Å². The Labute approximate surface area is 113 Å². The average molecular weight is 269 g/mol. The number of nitrogen functional groups attached to an aromatic ring is 1. The molecule has 7 nitrogen and oxygen atoms in total. The van der Waals surface area contributed by atoms with Gasteiger partial charge in [-0.15, -0.1) is 0 Å². The number of aromatic nitrogens is 2. The van der Waals surface area contributed by atoms with Crippen LogP contribution in [0.25, 0.3) is 0 Å². The van der Waals surface area contributed by atoms with Gasteiger partial charge in [0.2, 0.25) is 11.5 Å². The summed E-state index contributed by atoms with van der Waals surface area (Å²) in [6.45, 7) is 4.86. The van der Waals surface area contributed by atoms with E-state index in [1.165, 1.54) is 0 Å². The maximum absolute atomic E-state index is 11.9. The van der Waals surface area contributed by atoms with Crippen LogP contribution in [0.15, 0.2) is 4.63 Å². The van der Waals surface area contributed by atoms with Crippen molar-refractivity contribution in [1.82, 2.24) is 20.5 Å². The molecular formula is C12H23N5O2. The number of anilines is 1. The highest BCUT2D eigenvalue weighted by molar-refractivity contribution is 5.95. The van der Waals surface area contributed by atoms with Gasteiger partial charge in [0.25, 0.3) is 5.91 Å². The second-order valence-electron chi connectivity index (χ2n) is 4.82. The number of likely N-dealkylation sites (N-methyl/N-ethyl adjacent to an activating group) is 1. The predicted molar refractivity (Wildman–Crippen MR) is 72.6 cm³/mol. The Morgan fingerprint density at radius 1 is 1.37 bits per heavy atom. The van der Waals surface area contributed by atoms with Crippen molar-refractivity contribution in [2.75, 3.05) is 26.4 Å². The van der Waals surface area contributed by atoms with Gasteiger partial charge in [0.15, 0.2) is 0 Å². The highest BCUT2D eigenvalue weighted by atomic mass is 16.6. The van der Waals surface area contributed by atoms with E-state index in [0.29, 0.717) is 12.5 Å². The Morgan fingerprint density at radius 3 is 2.42 bits per heavy atom. The standard InChI is InChI=1S/C12H23N5O2/c1-5-8(6-2)9(17(3)4)7-14-12(18)10-11(13)16-19-15-10/h8-9H,5-7H2,1-4H3,(H2,13,16)(H,14,18). The number of rotatable bonds is 7. The van der Waals surface area contributed by atoms with Gasteiger partial charge in [-0.2, -0.15) is 0 Å². The fraction of sp³-hybridized carbons (Fsp3) is 0.750. The van der Waals surface area contributed by atoms with Gasteiger partial charge < -0.3 is 16.0 Å². The smallest absolute Gasteiger partial charge is 0.277 e. The lowest BCUT2D eigenvalue weighted by Gasteiger charge is -2.31. The molecule has 1 heterocycles. The van der Waals surface area contributed by atoms with E-state index < -0.39 is 0 Å². The molecule has 1 aromatic rings. The van der Waals surface area contributed by atoms with Crippen LogP contribution < -0.4 is 11.1 Å². The molecule has 0 radical (unpaired) electrons.